The highest BCUT2D eigenvalue weighted by atomic mass is 19.1. The molecule has 0 atom stereocenters. The van der Waals surface area contributed by atoms with Crippen molar-refractivity contribution in [3.05, 3.63) is 83.9 Å². The SMILES string of the molecule is Fc1cccc(CCc2nc3ccc(-c4ccncc4F)cc3[nH]2)c1. The first-order valence-electron chi connectivity index (χ1n) is 8.02. The number of nitrogens with zero attached hydrogens (tertiary/aromatic N) is 2. The molecule has 3 nitrogen and oxygen atoms in total. The minimum absolute atomic E-state index is 0.230. The number of pyridine rings is 1. The Morgan fingerprint density at radius 2 is 1.88 bits per heavy atom. The molecule has 0 fully saturated rings. The van der Waals surface area contributed by atoms with E-state index in [0.717, 1.165) is 28.0 Å². The number of benzene rings is 2. The van der Waals surface area contributed by atoms with E-state index >= 15 is 0 Å². The highest BCUT2D eigenvalue weighted by Gasteiger charge is 2.08. The fourth-order valence-electron chi connectivity index (χ4n) is 2.91. The quantitative estimate of drug-likeness (QED) is 0.588. The van der Waals surface area contributed by atoms with Crippen LogP contribution in [0.5, 0.6) is 0 Å². The van der Waals surface area contributed by atoms with Crippen LogP contribution in [0.4, 0.5) is 8.78 Å². The van der Waals surface area contributed by atoms with Crippen LogP contribution in [0.2, 0.25) is 0 Å². The molecule has 2 heterocycles. The lowest BCUT2D eigenvalue weighted by atomic mass is 10.1. The summed E-state index contributed by atoms with van der Waals surface area (Å²) in [5, 5.41) is 0. The van der Waals surface area contributed by atoms with Crippen molar-refractivity contribution in [2.75, 3.05) is 0 Å². The second-order valence-corrected chi connectivity index (χ2v) is 5.90. The number of aromatic nitrogens is 3. The maximum absolute atomic E-state index is 13.9. The molecular formula is C20H15F2N3. The zero-order valence-corrected chi connectivity index (χ0v) is 13.3. The molecule has 4 aromatic rings. The van der Waals surface area contributed by atoms with Crippen molar-refractivity contribution in [1.82, 2.24) is 15.0 Å². The maximum atomic E-state index is 13.9. The third-order valence-electron chi connectivity index (χ3n) is 4.15. The van der Waals surface area contributed by atoms with Gasteiger partial charge in [-0.1, -0.05) is 18.2 Å². The predicted octanol–water partition coefficient (Wildman–Crippen LogP) is 4.69. The van der Waals surface area contributed by atoms with Gasteiger partial charge in [0.1, 0.15) is 17.5 Å². The van der Waals surface area contributed by atoms with Crippen LogP contribution in [-0.4, -0.2) is 15.0 Å². The molecule has 0 unspecified atom stereocenters. The van der Waals surface area contributed by atoms with Gasteiger partial charge in [-0.15, -0.1) is 0 Å². The highest BCUT2D eigenvalue weighted by molar-refractivity contribution is 5.82. The maximum Gasteiger partial charge on any atom is 0.149 e. The molecule has 2 aromatic heterocycles. The topological polar surface area (TPSA) is 41.6 Å². The Balaban J connectivity index is 1.59. The number of aryl methyl sites for hydroxylation is 2. The summed E-state index contributed by atoms with van der Waals surface area (Å²) >= 11 is 0. The van der Waals surface area contributed by atoms with Gasteiger partial charge in [-0.25, -0.2) is 13.8 Å². The average Bonchev–Trinajstić information content (AvgIpc) is 3.02. The van der Waals surface area contributed by atoms with Gasteiger partial charge in [0.05, 0.1) is 17.2 Å². The molecule has 2 aromatic carbocycles. The van der Waals surface area contributed by atoms with Crippen LogP contribution in [0.15, 0.2) is 60.9 Å². The molecule has 5 heteroatoms. The fourth-order valence-corrected chi connectivity index (χ4v) is 2.91. The van der Waals surface area contributed by atoms with Crippen molar-refractivity contribution in [1.29, 1.82) is 0 Å². The van der Waals surface area contributed by atoms with Gasteiger partial charge in [-0.2, -0.15) is 0 Å². The van der Waals surface area contributed by atoms with Crippen LogP contribution in [0.3, 0.4) is 0 Å². The molecule has 0 radical (unpaired) electrons. The van der Waals surface area contributed by atoms with E-state index in [9.17, 15) is 8.78 Å². The lowest BCUT2D eigenvalue weighted by Gasteiger charge is -2.02. The minimum atomic E-state index is -0.354. The van der Waals surface area contributed by atoms with Crippen LogP contribution < -0.4 is 0 Å². The van der Waals surface area contributed by atoms with Gasteiger partial charge in [0.2, 0.25) is 0 Å². The Morgan fingerprint density at radius 1 is 0.960 bits per heavy atom. The molecule has 124 valence electrons. The Kier molecular flexibility index (Phi) is 3.98. The van der Waals surface area contributed by atoms with Crippen molar-refractivity contribution in [3.8, 4) is 11.1 Å². The van der Waals surface area contributed by atoms with Crippen molar-refractivity contribution in [2.45, 2.75) is 12.8 Å². The van der Waals surface area contributed by atoms with E-state index in [1.165, 1.54) is 18.3 Å². The largest absolute Gasteiger partial charge is 0.342 e. The summed E-state index contributed by atoms with van der Waals surface area (Å²) in [5.74, 6) is 0.241. The number of hydrogen-bond acceptors (Lipinski definition) is 2. The Bertz CT molecular complexity index is 1040. The van der Waals surface area contributed by atoms with Crippen molar-refractivity contribution >= 4 is 11.0 Å². The van der Waals surface area contributed by atoms with E-state index in [2.05, 4.69) is 15.0 Å². The number of H-pyrrole nitrogens is 1. The lowest BCUT2D eigenvalue weighted by Crippen LogP contribution is -1.93. The first-order valence-corrected chi connectivity index (χ1v) is 8.02. The molecule has 0 aliphatic carbocycles. The van der Waals surface area contributed by atoms with E-state index in [4.69, 9.17) is 0 Å². The Morgan fingerprint density at radius 3 is 2.72 bits per heavy atom. The predicted molar refractivity (Wildman–Crippen MR) is 93.1 cm³/mol. The second kappa shape index (κ2) is 6.43. The lowest BCUT2D eigenvalue weighted by molar-refractivity contribution is 0.624. The van der Waals surface area contributed by atoms with E-state index in [0.29, 0.717) is 18.4 Å². The van der Waals surface area contributed by atoms with E-state index in [1.807, 2.05) is 24.3 Å². The molecule has 0 saturated heterocycles. The third kappa shape index (κ3) is 3.26. The number of aromatic amines is 1. The van der Waals surface area contributed by atoms with Crippen LogP contribution in [0.1, 0.15) is 11.4 Å². The molecule has 0 amide bonds. The standard InChI is InChI=1S/C20H15F2N3/c21-15-3-1-2-13(10-15)4-7-20-24-18-6-5-14(11-19(18)25-20)16-8-9-23-12-17(16)22/h1-3,5-6,8-12H,4,7H2,(H,24,25). The van der Waals surface area contributed by atoms with Gasteiger partial charge in [0.15, 0.2) is 0 Å². The first kappa shape index (κ1) is 15.4. The minimum Gasteiger partial charge on any atom is -0.342 e. The summed E-state index contributed by atoms with van der Waals surface area (Å²) in [6.45, 7) is 0. The molecule has 0 spiro atoms. The van der Waals surface area contributed by atoms with Gasteiger partial charge in [0, 0.05) is 18.2 Å². The van der Waals surface area contributed by atoms with Gasteiger partial charge >= 0.3 is 0 Å². The smallest absolute Gasteiger partial charge is 0.149 e. The van der Waals surface area contributed by atoms with Gasteiger partial charge in [-0.05, 0) is 47.9 Å². The summed E-state index contributed by atoms with van der Waals surface area (Å²) in [4.78, 5) is 11.6. The van der Waals surface area contributed by atoms with Crippen LogP contribution in [0, 0.1) is 11.6 Å². The summed E-state index contributed by atoms with van der Waals surface area (Å²) in [6.07, 6.45) is 4.15. The van der Waals surface area contributed by atoms with Crippen LogP contribution in [0.25, 0.3) is 22.2 Å². The van der Waals surface area contributed by atoms with Crippen LogP contribution >= 0.6 is 0 Å². The van der Waals surface area contributed by atoms with Crippen molar-refractivity contribution < 1.29 is 8.78 Å². The summed E-state index contributed by atoms with van der Waals surface area (Å²) < 4.78 is 27.1. The zero-order valence-electron chi connectivity index (χ0n) is 13.3. The number of halogens is 2. The number of fused-ring (bicyclic) bond motifs is 1. The average molecular weight is 335 g/mol. The monoisotopic (exact) mass is 335 g/mol. The number of rotatable bonds is 4. The first-order chi connectivity index (χ1) is 12.2. The van der Waals surface area contributed by atoms with E-state index < -0.39 is 0 Å². The summed E-state index contributed by atoms with van der Waals surface area (Å²) in [6, 6.07) is 13.8. The number of hydrogen-bond donors (Lipinski definition) is 1. The van der Waals surface area contributed by atoms with Crippen molar-refractivity contribution in [2.24, 2.45) is 0 Å². The molecule has 1 N–H and O–H groups in total. The van der Waals surface area contributed by atoms with Gasteiger partial charge in [0.25, 0.3) is 0 Å². The van der Waals surface area contributed by atoms with E-state index in [-0.39, 0.29) is 11.6 Å². The van der Waals surface area contributed by atoms with Crippen molar-refractivity contribution in [3.63, 3.8) is 0 Å². The fraction of sp³-hybridized carbons (Fsp3) is 0.100. The molecule has 25 heavy (non-hydrogen) atoms. The highest BCUT2D eigenvalue weighted by Crippen LogP contribution is 2.25. The summed E-state index contributed by atoms with van der Waals surface area (Å²) in [5.41, 5.74) is 3.89. The summed E-state index contributed by atoms with van der Waals surface area (Å²) in [7, 11) is 0. The van der Waals surface area contributed by atoms with Gasteiger partial charge < -0.3 is 4.98 Å². The number of nitrogens with one attached hydrogen (secondary N) is 1. The molecular weight excluding hydrogens is 320 g/mol. The normalized spacial score (nSPS) is 11.1. The Labute approximate surface area is 143 Å². The zero-order chi connectivity index (χ0) is 17.2. The second-order valence-electron chi connectivity index (χ2n) is 5.90. The van der Waals surface area contributed by atoms with Crippen LogP contribution in [-0.2, 0) is 12.8 Å². The molecule has 0 aliphatic rings. The van der Waals surface area contributed by atoms with E-state index in [1.54, 1.807) is 18.3 Å². The molecule has 0 bridgehead atoms. The third-order valence-corrected chi connectivity index (χ3v) is 4.15. The molecule has 0 saturated carbocycles. The molecule has 4 rings (SSSR count). The molecule has 0 aliphatic heterocycles. The number of imidazole rings is 1. The Hall–Kier alpha value is -3.08. The van der Waals surface area contributed by atoms with Gasteiger partial charge in [-0.3, -0.25) is 4.98 Å².